The van der Waals surface area contributed by atoms with E-state index in [9.17, 15) is 21.6 Å². The van der Waals surface area contributed by atoms with Crippen LogP contribution in [0.5, 0.6) is 11.5 Å². The first kappa shape index (κ1) is 24.9. The van der Waals surface area contributed by atoms with Gasteiger partial charge in [-0.3, -0.25) is 0 Å². The van der Waals surface area contributed by atoms with E-state index in [1.807, 2.05) is 81.4 Å². The van der Waals surface area contributed by atoms with Gasteiger partial charge < -0.3 is 8.92 Å². The van der Waals surface area contributed by atoms with Gasteiger partial charge in [-0.2, -0.15) is 21.6 Å². The summed E-state index contributed by atoms with van der Waals surface area (Å²) in [6.07, 6.45) is 0. The molecule has 0 radical (unpaired) electrons. The molecule has 0 aliphatic heterocycles. The van der Waals surface area contributed by atoms with Gasteiger partial charge in [-0.05, 0) is 27.5 Å². The molecule has 0 N–H and O–H groups in total. The van der Waals surface area contributed by atoms with E-state index in [4.69, 9.17) is 8.92 Å². The van der Waals surface area contributed by atoms with Gasteiger partial charge in [0.2, 0.25) is 0 Å². The summed E-state index contributed by atoms with van der Waals surface area (Å²) in [4.78, 5) is 0. The Kier molecular flexibility index (Phi) is 6.68. The number of ether oxygens (including phenoxy) is 1. The third-order valence-corrected chi connectivity index (χ3v) is 12.5. The molecule has 33 heavy (non-hydrogen) atoms. The van der Waals surface area contributed by atoms with Crippen LogP contribution >= 0.6 is 0 Å². The molecule has 0 atom stereocenters. The summed E-state index contributed by atoms with van der Waals surface area (Å²) in [7, 11) is -7.78. The van der Waals surface area contributed by atoms with Gasteiger partial charge in [-0.15, -0.1) is 0 Å². The van der Waals surface area contributed by atoms with Crippen LogP contribution in [-0.4, -0.2) is 29.1 Å². The second-order valence-corrected chi connectivity index (χ2v) is 14.7. The zero-order chi connectivity index (χ0) is 24.5. The van der Waals surface area contributed by atoms with Crippen molar-refractivity contribution in [3.63, 3.8) is 0 Å². The maximum absolute atomic E-state index is 13.3. The van der Waals surface area contributed by atoms with Gasteiger partial charge in [-0.25, -0.2) is 0 Å². The van der Waals surface area contributed by atoms with Crippen molar-refractivity contribution in [2.24, 2.45) is 0 Å². The molecule has 0 saturated carbocycles. The van der Waals surface area contributed by atoms with Gasteiger partial charge in [0.25, 0.3) is 0 Å². The minimum Gasteiger partial charge on any atom is -0.497 e. The first-order chi connectivity index (χ1) is 15.4. The number of hydrogen-bond donors (Lipinski definition) is 0. The summed E-state index contributed by atoms with van der Waals surface area (Å²) in [6, 6.07) is 23.1. The Hall–Kier alpha value is -2.78. The smallest absolute Gasteiger partial charge is 0.497 e. The highest BCUT2D eigenvalue weighted by Gasteiger charge is 2.54. The predicted molar refractivity (Wildman–Crippen MR) is 126 cm³/mol. The van der Waals surface area contributed by atoms with Gasteiger partial charge in [0.05, 0.1) is 7.11 Å². The summed E-state index contributed by atoms with van der Waals surface area (Å²) in [5.74, 6) is -0.125. The lowest BCUT2D eigenvalue weighted by Crippen LogP contribution is -2.72. The summed E-state index contributed by atoms with van der Waals surface area (Å²) in [5, 5.41) is 1.54. The molecule has 176 valence electrons. The van der Waals surface area contributed by atoms with E-state index < -0.39 is 28.7 Å². The summed E-state index contributed by atoms with van der Waals surface area (Å²) in [5.41, 5.74) is -5.57. The number of halogens is 3. The minimum absolute atomic E-state index is 0.263. The van der Waals surface area contributed by atoms with Crippen molar-refractivity contribution in [1.29, 1.82) is 0 Å². The van der Waals surface area contributed by atoms with Crippen molar-refractivity contribution in [1.82, 2.24) is 0 Å². The van der Waals surface area contributed by atoms with Crippen molar-refractivity contribution >= 4 is 33.8 Å². The molecule has 0 aromatic heterocycles. The fraction of sp³-hybridized carbons (Fsp3) is 0.250. The topological polar surface area (TPSA) is 52.6 Å². The van der Waals surface area contributed by atoms with E-state index >= 15 is 0 Å². The highest BCUT2D eigenvalue weighted by atomic mass is 32.2. The van der Waals surface area contributed by atoms with Crippen molar-refractivity contribution in [3.05, 3.63) is 78.9 Å². The SMILES string of the molecule is COc1cccc(OS(=O)(=O)C(F)(F)F)c1[Si](c1ccccc1)(c1ccccc1)C(C)(C)C. The number of methoxy groups -OCH3 is 1. The van der Waals surface area contributed by atoms with Gasteiger partial charge in [0, 0.05) is 5.19 Å². The average molecular weight is 495 g/mol. The number of hydrogen-bond acceptors (Lipinski definition) is 4. The van der Waals surface area contributed by atoms with Crippen LogP contribution in [0.1, 0.15) is 20.8 Å². The van der Waals surface area contributed by atoms with Crippen molar-refractivity contribution < 1.29 is 30.5 Å². The standard InChI is InChI=1S/C24H25F3O4SSi/c1-23(2,3)33(18-12-7-5-8-13-18,19-14-9-6-10-15-19)22-20(30-4)16-11-17-21(22)31-32(28,29)24(25,26)27/h5-17H,1-4H3. The number of benzene rings is 3. The van der Waals surface area contributed by atoms with E-state index in [1.54, 1.807) is 6.07 Å². The van der Waals surface area contributed by atoms with Gasteiger partial charge in [-0.1, -0.05) is 87.5 Å². The van der Waals surface area contributed by atoms with Crippen LogP contribution < -0.4 is 24.5 Å². The lowest BCUT2D eigenvalue weighted by molar-refractivity contribution is -0.0499. The molecule has 0 unspecified atom stereocenters. The zero-order valence-electron chi connectivity index (χ0n) is 18.7. The second-order valence-electron chi connectivity index (χ2n) is 8.55. The Morgan fingerprint density at radius 1 is 0.727 bits per heavy atom. The van der Waals surface area contributed by atoms with E-state index in [0.717, 1.165) is 10.4 Å². The Morgan fingerprint density at radius 2 is 1.18 bits per heavy atom. The van der Waals surface area contributed by atoms with Gasteiger partial charge in [0.1, 0.15) is 11.5 Å². The summed E-state index contributed by atoms with van der Waals surface area (Å²) in [6.45, 7) is 5.98. The molecule has 0 aliphatic carbocycles. The molecule has 3 aromatic carbocycles. The molecule has 0 heterocycles. The normalized spacial score (nSPS) is 12.9. The van der Waals surface area contributed by atoms with Gasteiger partial charge >= 0.3 is 15.6 Å². The quantitative estimate of drug-likeness (QED) is 0.223. The molecule has 0 bridgehead atoms. The van der Waals surface area contributed by atoms with Crippen LogP contribution in [0.3, 0.4) is 0 Å². The first-order valence-corrected chi connectivity index (χ1v) is 13.6. The monoisotopic (exact) mass is 494 g/mol. The summed E-state index contributed by atoms with van der Waals surface area (Å²) < 4.78 is 74.3. The Balaban J connectivity index is 2.52. The Morgan fingerprint density at radius 3 is 1.58 bits per heavy atom. The maximum atomic E-state index is 13.3. The third-order valence-electron chi connectivity index (χ3n) is 5.60. The van der Waals surface area contributed by atoms with Crippen LogP contribution in [0.15, 0.2) is 78.9 Å². The molecule has 3 rings (SSSR count). The lowest BCUT2D eigenvalue weighted by atomic mass is 10.2. The zero-order valence-corrected chi connectivity index (χ0v) is 20.5. The second kappa shape index (κ2) is 8.87. The van der Waals surface area contributed by atoms with Crippen molar-refractivity contribution in [2.75, 3.05) is 7.11 Å². The molecular weight excluding hydrogens is 469 g/mol. The minimum atomic E-state index is -5.90. The molecule has 0 fully saturated rings. The highest BCUT2D eigenvalue weighted by molar-refractivity contribution is 7.88. The van der Waals surface area contributed by atoms with Crippen LogP contribution in [0.2, 0.25) is 5.04 Å². The number of rotatable bonds is 6. The third kappa shape index (κ3) is 4.39. The van der Waals surface area contributed by atoms with E-state index in [1.165, 1.54) is 19.2 Å². The fourth-order valence-electron chi connectivity index (χ4n) is 4.36. The molecular formula is C24H25F3O4SSi. The van der Waals surface area contributed by atoms with E-state index in [0.29, 0.717) is 5.19 Å². The van der Waals surface area contributed by atoms with Crippen LogP contribution in [0.25, 0.3) is 0 Å². The lowest BCUT2D eigenvalue weighted by Gasteiger charge is -2.45. The molecule has 4 nitrogen and oxygen atoms in total. The van der Waals surface area contributed by atoms with Crippen molar-refractivity contribution in [2.45, 2.75) is 31.3 Å². The van der Waals surface area contributed by atoms with E-state index in [2.05, 4.69) is 0 Å². The predicted octanol–water partition coefficient (Wildman–Crippen LogP) is 4.19. The molecule has 0 saturated heterocycles. The van der Waals surface area contributed by atoms with Crippen LogP contribution in [0.4, 0.5) is 13.2 Å². The molecule has 0 amide bonds. The maximum Gasteiger partial charge on any atom is 0.534 e. The molecule has 9 heteroatoms. The van der Waals surface area contributed by atoms with Crippen molar-refractivity contribution in [3.8, 4) is 11.5 Å². The largest absolute Gasteiger partial charge is 0.534 e. The van der Waals surface area contributed by atoms with Gasteiger partial charge in [0.15, 0.2) is 8.07 Å². The first-order valence-electron chi connectivity index (χ1n) is 10.2. The van der Waals surface area contributed by atoms with Crippen LogP contribution in [-0.2, 0) is 10.1 Å². The van der Waals surface area contributed by atoms with E-state index in [-0.39, 0.29) is 11.5 Å². The molecule has 0 aliphatic rings. The summed E-state index contributed by atoms with van der Waals surface area (Å²) >= 11 is 0. The Labute approximate surface area is 193 Å². The average Bonchev–Trinajstić information content (AvgIpc) is 2.74. The highest BCUT2D eigenvalue weighted by Crippen LogP contribution is 2.40. The number of alkyl halides is 3. The van der Waals surface area contributed by atoms with Crippen LogP contribution in [0, 0.1) is 0 Å². The fourth-order valence-corrected chi connectivity index (χ4v) is 10.7. The molecule has 0 spiro atoms. The Bertz CT molecular complexity index is 1170. The molecule has 3 aromatic rings.